The van der Waals surface area contributed by atoms with Crippen molar-refractivity contribution in [1.29, 1.82) is 0 Å². The van der Waals surface area contributed by atoms with Crippen LogP contribution >= 0.6 is 35.1 Å². The Morgan fingerprint density at radius 1 is 1.05 bits per heavy atom. The van der Waals surface area contributed by atoms with Crippen molar-refractivity contribution in [3.8, 4) is 5.75 Å². The van der Waals surface area contributed by atoms with Crippen molar-refractivity contribution >= 4 is 40.8 Å². The largest absolute Gasteiger partial charge is 0.506 e. The fourth-order valence-electron chi connectivity index (χ4n) is 2.11. The first-order chi connectivity index (χ1) is 10.6. The molecule has 0 aliphatic carbocycles. The van der Waals surface area contributed by atoms with Gasteiger partial charge in [0.2, 0.25) is 0 Å². The van der Waals surface area contributed by atoms with Crippen molar-refractivity contribution in [3.05, 3.63) is 57.6 Å². The second-order valence-electron chi connectivity index (χ2n) is 4.86. The molecule has 0 spiro atoms. The van der Waals surface area contributed by atoms with Gasteiger partial charge in [-0.25, -0.2) is 0 Å². The van der Waals surface area contributed by atoms with Gasteiger partial charge in [-0.15, -0.1) is 0 Å². The zero-order valence-corrected chi connectivity index (χ0v) is 14.5. The Hall–Kier alpha value is -1.07. The number of phenols is 1. The Bertz CT molecular complexity index is 617. The first-order valence-corrected chi connectivity index (χ1v) is 8.83. The second kappa shape index (κ2) is 8.53. The molecule has 0 radical (unpaired) electrons. The molecule has 22 heavy (non-hydrogen) atoms. The number of halogens is 2. The van der Waals surface area contributed by atoms with E-state index < -0.39 is 0 Å². The maximum Gasteiger partial charge on any atom is 0.139 e. The molecule has 0 bridgehead atoms. The summed E-state index contributed by atoms with van der Waals surface area (Å²) in [5, 5.41) is 14.4. The molecule has 0 aromatic heterocycles. The van der Waals surface area contributed by atoms with E-state index in [2.05, 4.69) is 10.0 Å². The Morgan fingerprint density at radius 2 is 1.77 bits per heavy atom. The standard InChI is InChI=1S/C16H18Cl2N2OS/c1-22-20-15-8-11(2-3-16(15)21)4-5-19-10-12-6-13(17)9-14(18)7-12/h2-3,6-9,19-21H,4-5,10H2,1H3. The molecule has 0 unspecified atom stereocenters. The monoisotopic (exact) mass is 356 g/mol. The number of anilines is 1. The van der Waals surface area contributed by atoms with E-state index in [1.165, 1.54) is 11.9 Å². The quantitative estimate of drug-likeness (QED) is 0.381. The van der Waals surface area contributed by atoms with Crippen molar-refractivity contribution in [2.24, 2.45) is 0 Å². The molecule has 6 heteroatoms. The highest BCUT2D eigenvalue weighted by Crippen LogP contribution is 2.26. The van der Waals surface area contributed by atoms with E-state index in [4.69, 9.17) is 23.2 Å². The maximum absolute atomic E-state index is 9.72. The minimum absolute atomic E-state index is 0.264. The molecule has 3 nitrogen and oxygen atoms in total. The lowest BCUT2D eigenvalue weighted by Crippen LogP contribution is -2.16. The van der Waals surface area contributed by atoms with Gasteiger partial charge >= 0.3 is 0 Å². The van der Waals surface area contributed by atoms with Crippen LogP contribution in [-0.2, 0) is 13.0 Å². The molecule has 2 rings (SSSR count). The highest BCUT2D eigenvalue weighted by Gasteiger charge is 2.03. The third-order valence-electron chi connectivity index (χ3n) is 3.11. The van der Waals surface area contributed by atoms with Crippen molar-refractivity contribution < 1.29 is 5.11 Å². The smallest absolute Gasteiger partial charge is 0.139 e. The minimum atomic E-state index is 0.264. The van der Waals surface area contributed by atoms with Crippen LogP contribution in [0.5, 0.6) is 5.75 Å². The van der Waals surface area contributed by atoms with E-state index in [0.717, 1.165) is 29.8 Å². The predicted molar refractivity (Wildman–Crippen MR) is 97.1 cm³/mol. The second-order valence-corrected chi connectivity index (χ2v) is 6.35. The molecule has 0 saturated carbocycles. The Balaban J connectivity index is 1.84. The number of rotatable bonds is 7. The maximum atomic E-state index is 9.72. The molecular formula is C16H18Cl2N2OS. The number of hydrogen-bond donors (Lipinski definition) is 3. The van der Waals surface area contributed by atoms with Crippen LogP contribution in [0.4, 0.5) is 5.69 Å². The summed E-state index contributed by atoms with van der Waals surface area (Å²) in [7, 11) is 0. The predicted octanol–water partition coefficient (Wildman–Crippen LogP) is 4.72. The minimum Gasteiger partial charge on any atom is -0.506 e. The highest BCUT2D eigenvalue weighted by molar-refractivity contribution is 7.99. The van der Waals surface area contributed by atoms with Gasteiger partial charge in [0, 0.05) is 22.8 Å². The van der Waals surface area contributed by atoms with Crippen LogP contribution < -0.4 is 10.0 Å². The summed E-state index contributed by atoms with van der Waals surface area (Å²) in [6.45, 7) is 1.54. The lowest BCUT2D eigenvalue weighted by Gasteiger charge is -2.09. The summed E-state index contributed by atoms with van der Waals surface area (Å²) >= 11 is 13.4. The highest BCUT2D eigenvalue weighted by atomic mass is 35.5. The topological polar surface area (TPSA) is 44.3 Å². The summed E-state index contributed by atoms with van der Waals surface area (Å²) < 4.78 is 3.06. The molecule has 118 valence electrons. The van der Waals surface area contributed by atoms with Gasteiger partial charge in [0.25, 0.3) is 0 Å². The van der Waals surface area contributed by atoms with Gasteiger partial charge in [0.05, 0.1) is 5.69 Å². The average molecular weight is 357 g/mol. The van der Waals surface area contributed by atoms with Crippen LogP contribution in [0.3, 0.4) is 0 Å². The van der Waals surface area contributed by atoms with Gasteiger partial charge in [-0.1, -0.05) is 41.2 Å². The molecule has 0 heterocycles. The summed E-state index contributed by atoms with van der Waals surface area (Å²) in [6.07, 6.45) is 2.79. The lowest BCUT2D eigenvalue weighted by atomic mass is 10.1. The van der Waals surface area contributed by atoms with E-state index in [9.17, 15) is 5.11 Å². The van der Waals surface area contributed by atoms with E-state index in [-0.39, 0.29) is 5.75 Å². The summed E-state index contributed by atoms with van der Waals surface area (Å²) in [5.41, 5.74) is 2.96. The van der Waals surface area contributed by atoms with Crippen LogP contribution in [0.15, 0.2) is 36.4 Å². The molecule has 0 fully saturated rings. The van der Waals surface area contributed by atoms with Gasteiger partial charge in [-0.2, -0.15) is 0 Å². The molecule has 0 aliphatic heterocycles. The molecule has 2 aromatic rings. The van der Waals surface area contributed by atoms with Crippen molar-refractivity contribution in [2.45, 2.75) is 13.0 Å². The van der Waals surface area contributed by atoms with Gasteiger partial charge in [-0.05, 0) is 54.4 Å². The third-order valence-corrected chi connectivity index (χ3v) is 3.98. The zero-order chi connectivity index (χ0) is 15.9. The SMILES string of the molecule is CSNc1cc(CCNCc2cc(Cl)cc(Cl)c2)ccc1O. The van der Waals surface area contributed by atoms with Gasteiger partial charge in [0.15, 0.2) is 0 Å². The number of benzene rings is 2. The summed E-state index contributed by atoms with van der Waals surface area (Å²) in [4.78, 5) is 0. The van der Waals surface area contributed by atoms with E-state index in [0.29, 0.717) is 16.6 Å². The molecule has 3 N–H and O–H groups in total. The molecular weight excluding hydrogens is 339 g/mol. The molecule has 2 aromatic carbocycles. The van der Waals surface area contributed by atoms with Crippen molar-refractivity contribution in [2.75, 3.05) is 17.5 Å². The van der Waals surface area contributed by atoms with Crippen LogP contribution in [0.25, 0.3) is 0 Å². The van der Waals surface area contributed by atoms with E-state index >= 15 is 0 Å². The molecule has 0 amide bonds. The summed E-state index contributed by atoms with van der Waals surface area (Å²) in [6, 6.07) is 11.1. The lowest BCUT2D eigenvalue weighted by molar-refractivity contribution is 0.478. The molecule has 0 saturated heterocycles. The first-order valence-electron chi connectivity index (χ1n) is 6.85. The van der Waals surface area contributed by atoms with Gasteiger partial charge < -0.3 is 15.1 Å². The summed E-state index contributed by atoms with van der Waals surface area (Å²) in [5.74, 6) is 0.264. The Kier molecular flexibility index (Phi) is 6.70. The zero-order valence-electron chi connectivity index (χ0n) is 12.2. The molecule has 0 atom stereocenters. The number of hydrogen-bond acceptors (Lipinski definition) is 4. The normalized spacial score (nSPS) is 10.7. The van der Waals surface area contributed by atoms with Crippen LogP contribution in [0.1, 0.15) is 11.1 Å². The fourth-order valence-corrected chi connectivity index (χ4v) is 3.06. The number of nitrogens with one attached hydrogen (secondary N) is 2. The average Bonchev–Trinajstić information content (AvgIpc) is 2.46. The number of phenolic OH excluding ortho intramolecular Hbond substituents is 1. The van der Waals surface area contributed by atoms with E-state index in [1.54, 1.807) is 12.1 Å². The fraction of sp³-hybridized carbons (Fsp3) is 0.250. The molecule has 0 aliphatic rings. The number of aromatic hydroxyl groups is 1. The van der Waals surface area contributed by atoms with Crippen molar-refractivity contribution in [3.63, 3.8) is 0 Å². The van der Waals surface area contributed by atoms with Crippen LogP contribution in [0.2, 0.25) is 10.0 Å². The Labute approximate surface area is 145 Å². The van der Waals surface area contributed by atoms with Crippen LogP contribution in [0, 0.1) is 0 Å². The Morgan fingerprint density at radius 3 is 2.45 bits per heavy atom. The van der Waals surface area contributed by atoms with Crippen molar-refractivity contribution in [1.82, 2.24) is 5.32 Å². The first kappa shape index (κ1) is 17.3. The van der Waals surface area contributed by atoms with Gasteiger partial charge in [-0.3, -0.25) is 0 Å². The van der Waals surface area contributed by atoms with Gasteiger partial charge in [0.1, 0.15) is 5.75 Å². The third kappa shape index (κ3) is 5.29. The van der Waals surface area contributed by atoms with E-state index in [1.807, 2.05) is 30.5 Å². The van der Waals surface area contributed by atoms with Crippen LogP contribution in [-0.4, -0.2) is 17.9 Å².